The van der Waals surface area contributed by atoms with Crippen molar-refractivity contribution in [2.45, 2.75) is 0 Å². The van der Waals surface area contributed by atoms with Gasteiger partial charge in [0.2, 0.25) is 5.91 Å². The summed E-state index contributed by atoms with van der Waals surface area (Å²) >= 11 is 0. The summed E-state index contributed by atoms with van der Waals surface area (Å²) in [6, 6.07) is 11.5. The number of likely N-dealkylation sites (N-methyl/N-ethyl adjacent to an activating group) is 1. The number of carbonyl (C=O) groups is 2. The number of H-pyrrole nitrogens is 1. The zero-order valence-corrected chi connectivity index (χ0v) is 20.9. The Kier molecular flexibility index (Phi) is 7.54. The van der Waals surface area contributed by atoms with Gasteiger partial charge in [0.15, 0.2) is 0 Å². The van der Waals surface area contributed by atoms with Gasteiger partial charge < -0.3 is 35.9 Å². The molecule has 0 atom stereocenters. The zero-order chi connectivity index (χ0) is 26.5. The number of hydrogen-bond donors (Lipinski definition) is 5. The molecule has 0 fully saturated rings. The maximum Gasteiger partial charge on any atom is 0.256 e. The van der Waals surface area contributed by atoms with Crippen LogP contribution in [0.1, 0.15) is 10.4 Å². The van der Waals surface area contributed by atoms with Gasteiger partial charge in [-0.2, -0.15) is 0 Å². The Morgan fingerprint density at radius 3 is 2.59 bits per heavy atom. The number of halogens is 1. The molecule has 0 aliphatic carbocycles. The van der Waals surface area contributed by atoms with E-state index in [0.29, 0.717) is 39.8 Å². The third-order valence-corrected chi connectivity index (χ3v) is 5.50. The fourth-order valence-corrected chi connectivity index (χ4v) is 3.86. The van der Waals surface area contributed by atoms with E-state index < -0.39 is 11.7 Å². The molecule has 0 aliphatic heterocycles. The molecule has 5 N–H and O–H groups in total. The summed E-state index contributed by atoms with van der Waals surface area (Å²) in [5.41, 5.74) is 2.75. The first-order chi connectivity index (χ1) is 17.8. The monoisotopic (exact) mass is 505 g/mol. The number of amides is 2. The fourth-order valence-electron chi connectivity index (χ4n) is 3.86. The molecule has 0 saturated heterocycles. The first-order valence-electron chi connectivity index (χ1n) is 11.4. The molecule has 0 bridgehead atoms. The molecule has 0 spiro atoms. The second-order valence-corrected chi connectivity index (χ2v) is 8.52. The number of methoxy groups -OCH3 is 1. The molecule has 10 nitrogen and oxygen atoms in total. The van der Waals surface area contributed by atoms with Crippen molar-refractivity contribution in [3.8, 4) is 5.75 Å². The van der Waals surface area contributed by atoms with Crippen LogP contribution in [0, 0.1) is 5.82 Å². The van der Waals surface area contributed by atoms with E-state index in [4.69, 9.17) is 4.74 Å². The number of rotatable bonds is 9. The second-order valence-electron chi connectivity index (χ2n) is 8.52. The second kappa shape index (κ2) is 11.0. The molecular weight excluding hydrogens is 477 g/mol. The van der Waals surface area contributed by atoms with Crippen molar-refractivity contribution in [3.05, 3.63) is 66.2 Å². The Bertz CT molecular complexity index is 1450. The molecule has 2 aromatic heterocycles. The van der Waals surface area contributed by atoms with E-state index in [1.807, 2.05) is 20.2 Å². The minimum absolute atomic E-state index is 0.0891. The van der Waals surface area contributed by atoms with E-state index in [0.717, 1.165) is 5.39 Å². The molecule has 37 heavy (non-hydrogen) atoms. The molecule has 192 valence electrons. The van der Waals surface area contributed by atoms with Gasteiger partial charge in [0.05, 0.1) is 54.2 Å². The average Bonchev–Trinajstić information content (AvgIpc) is 3.27. The summed E-state index contributed by atoms with van der Waals surface area (Å²) < 4.78 is 19.9. The van der Waals surface area contributed by atoms with Gasteiger partial charge in [-0.1, -0.05) is 6.07 Å². The standard InChI is InChI=1S/C26H28FN7O3/c1-28-26(36)25-17(27)6-5-7-18(25)31-20-12-29-13-21-16(20)11-23(33-21)32-19-10-15(8-9-22(19)37-4)30-24(35)14-34(2)3/h5-13,31-33H,14H2,1-4H3,(H,28,36)(H,30,35). The number of fused-ring (bicyclic) bond motifs is 1. The fraction of sp³-hybridized carbons (Fsp3) is 0.192. The number of nitrogens with zero attached hydrogens (tertiary/aromatic N) is 2. The van der Waals surface area contributed by atoms with Crippen LogP contribution >= 0.6 is 0 Å². The van der Waals surface area contributed by atoms with Gasteiger partial charge in [-0.3, -0.25) is 14.6 Å². The van der Waals surface area contributed by atoms with Gasteiger partial charge in [0.1, 0.15) is 17.4 Å². The first-order valence-corrected chi connectivity index (χ1v) is 11.4. The number of aromatic nitrogens is 2. The lowest BCUT2D eigenvalue weighted by molar-refractivity contribution is -0.116. The molecule has 0 saturated carbocycles. The summed E-state index contributed by atoms with van der Waals surface area (Å²) in [5, 5.41) is 12.5. The predicted octanol–water partition coefficient (Wildman–Crippen LogP) is 4.06. The van der Waals surface area contributed by atoms with Crippen LogP contribution in [0.15, 0.2) is 54.9 Å². The smallest absolute Gasteiger partial charge is 0.256 e. The Morgan fingerprint density at radius 2 is 1.86 bits per heavy atom. The summed E-state index contributed by atoms with van der Waals surface area (Å²) in [5.74, 6) is -0.100. The van der Waals surface area contributed by atoms with Gasteiger partial charge in [-0.15, -0.1) is 0 Å². The molecule has 2 heterocycles. The molecular formula is C26H28FN7O3. The van der Waals surface area contributed by atoms with Crippen LogP contribution in [0.4, 0.5) is 33.0 Å². The van der Waals surface area contributed by atoms with Crippen molar-refractivity contribution in [3.63, 3.8) is 0 Å². The molecule has 0 radical (unpaired) electrons. The highest BCUT2D eigenvalue weighted by Crippen LogP contribution is 2.34. The van der Waals surface area contributed by atoms with Crippen LogP contribution in [0.3, 0.4) is 0 Å². The van der Waals surface area contributed by atoms with Gasteiger partial charge in [-0.05, 0) is 50.5 Å². The van der Waals surface area contributed by atoms with Crippen LogP contribution in [0.5, 0.6) is 5.75 Å². The highest BCUT2D eigenvalue weighted by atomic mass is 19.1. The zero-order valence-electron chi connectivity index (χ0n) is 20.9. The maximum atomic E-state index is 14.4. The van der Waals surface area contributed by atoms with E-state index in [2.05, 4.69) is 31.2 Å². The number of hydrogen-bond acceptors (Lipinski definition) is 7. The first kappa shape index (κ1) is 25.5. The van der Waals surface area contributed by atoms with Crippen molar-refractivity contribution in [2.75, 3.05) is 50.7 Å². The maximum absolute atomic E-state index is 14.4. The van der Waals surface area contributed by atoms with Crippen LogP contribution in [0.2, 0.25) is 0 Å². The van der Waals surface area contributed by atoms with Crippen LogP contribution in [0.25, 0.3) is 10.9 Å². The van der Waals surface area contributed by atoms with E-state index in [-0.39, 0.29) is 18.0 Å². The topological polar surface area (TPSA) is 123 Å². The Labute approximate surface area is 213 Å². The third kappa shape index (κ3) is 5.78. The van der Waals surface area contributed by atoms with E-state index in [9.17, 15) is 14.0 Å². The number of ether oxygens (including phenoxy) is 1. The van der Waals surface area contributed by atoms with E-state index in [1.54, 1.807) is 48.7 Å². The molecule has 2 aromatic carbocycles. The van der Waals surface area contributed by atoms with Crippen molar-refractivity contribution < 1.29 is 18.7 Å². The van der Waals surface area contributed by atoms with Gasteiger partial charge >= 0.3 is 0 Å². The molecule has 4 rings (SSSR count). The number of carbonyl (C=O) groups excluding carboxylic acids is 2. The largest absolute Gasteiger partial charge is 0.495 e. The summed E-state index contributed by atoms with van der Waals surface area (Å²) in [6.45, 7) is 0.256. The minimum atomic E-state index is -0.634. The van der Waals surface area contributed by atoms with Crippen LogP contribution in [-0.2, 0) is 4.79 Å². The van der Waals surface area contributed by atoms with E-state index in [1.165, 1.54) is 19.2 Å². The van der Waals surface area contributed by atoms with Gasteiger partial charge in [0, 0.05) is 18.1 Å². The molecule has 11 heteroatoms. The Balaban J connectivity index is 1.64. The summed E-state index contributed by atoms with van der Waals surface area (Å²) in [7, 11) is 6.65. The molecule has 4 aromatic rings. The number of nitrogens with one attached hydrogen (secondary N) is 5. The lowest BCUT2D eigenvalue weighted by Gasteiger charge is -2.14. The van der Waals surface area contributed by atoms with Gasteiger partial charge in [0.25, 0.3) is 5.91 Å². The molecule has 0 aliphatic rings. The van der Waals surface area contributed by atoms with Crippen LogP contribution in [-0.4, -0.2) is 61.5 Å². The number of benzene rings is 2. The lowest BCUT2D eigenvalue weighted by atomic mass is 10.1. The molecule has 0 unspecified atom stereocenters. The Hall–Kier alpha value is -4.64. The minimum Gasteiger partial charge on any atom is -0.495 e. The van der Waals surface area contributed by atoms with Crippen LogP contribution < -0.4 is 26.0 Å². The van der Waals surface area contributed by atoms with Crippen molar-refractivity contribution in [1.82, 2.24) is 20.2 Å². The number of aromatic amines is 1. The lowest BCUT2D eigenvalue weighted by Crippen LogP contribution is -2.27. The SMILES string of the molecule is CNC(=O)c1c(F)cccc1Nc1cncc2[nH]c(Nc3cc(NC(=O)CN(C)C)ccc3OC)cc12. The average molecular weight is 506 g/mol. The normalized spacial score (nSPS) is 10.9. The van der Waals surface area contributed by atoms with Crippen molar-refractivity contribution in [2.24, 2.45) is 0 Å². The van der Waals surface area contributed by atoms with Gasteiger partial charge in [-0.25, -0.2) is 4.39 Å². The highest BCUT2D eigenvalue weighted by Gasteiger charge is 2.17. The summed E-state index contributed by atoms with van der Waals surface area (Å²) in [6.07, 6.45) is 3.26. The predicted molar refractivity (Wildman–Crippen MR) is 143 cm³/mol. The van der Waals surface area contributed by atoms with E-state index >= 15 is 0 Å². The highest BCUT2D eigenvalue weighted by molar-refractivity contribution is 6.02. The van der Waals surface area contributed by atoms with Crippen molar-refractivity contribution >= 4 is 51.3 Å². The number of pyridine rings is 1. The quantitative estimate of drug-likeness (QED) is 0.232. The van der Waals surface area contributed by atoms with Crippen molar-refractivity contribution in [1.29, 1.82) is 0 Å². The Morgan fingerprint density at radius 1 is 1.05 bits per heavy atom. The summed E-state index contributed by atoms with van der Waals surface area (Å²) in [4.78, 5) is 33.7. The molecule has 2 amide bonds. The third-order valence-electron chi connectivity index (χ3n) is 5.50. The number of anilines is 5.